The van der Waals surface area contributed by atoms with Gasteiger partial charge in [-0.25, -0.2) is 9.97 Å². The molecule has 0 radical (unpaired) electrons. The van der Waals surface area contributed by atoms with E-state index < -0.39 is 40.1 Å². The summed E-state index contributed by atoms with van der Waals surface area (Å²) in [5, 5.41) is 10.9. The molecule has 0 spiro atoms. The van der Waals surface area contributed by atoms with E-state index in [1.54, 1.807) is 0 Å². The van der Waals surface area contributed by atoms with Gasteiger partial charge >= 0.3 is 12.4 Å². The van der Waals surface area contributed by atoms with Crippen molar-refractivity contribution in [1.29, 1.82) is 0 Å². The van der Waals surface area contributed by atoms with E-state index >= 15 is 0 Å². The molecule has 1 aliphatic heterocycles. The summed E-state index contributed by atoms with van der Waals surface area (Å²) in [5.74, 6) is -0.597. The molecular weight excluding hydrogens is 606 g/mol. The monoisotopic (exact) mass is 628 g/mol. The molecule has 8 nitrogen and oxygen atoms in total. The second-order valence-corrected chi connectivity index (χ2v) is 10.3. The van der Waals surface area contributed by atoms with Gasteiger partial charge in [0.15, 0.2) is 11.5 Å². The van der Waals surface area contributed by atoms with Gasteiger partial charge in [0.05, 0.1) is 29.8 Å². The van der Waals surface area contributed by atoms with Gasteiger partial charge in [0.1, 0.15) is 17.0 Å². The van der Waals surface area contributed by atoms with Gasteiger partial charge in [-0.2, -0.15) is 26.3 Å². The fourth-order valence-electron chi connectivity index (χ4n) is 5.02. The van der Waals surface area contributed by atoms with Gasteiger partial charge in [-0.3, -0.25) is 4.79 Å². The van der Waals surface area contributed by atoms with Gasteiger partial charge in [-0.15, -0.1) is 0 Å². The van der Waals surface area contributed by atoms with Gasteiger partial charge in [-0.05, 0) is 54.8 Å². The van der Waals surface area contributed by atoms with E-state index in [9.17, 15) is 36.2 Å². The highest BCUT2D eigenvalue weighted by atomic mass is 35.5. The molecule has 0 atom stereocenters. The highest BCUT2D eigenvalue weighted by molar-refractivity contribution is 6.31. The number of ether oxygens (including phenoxy) is 1. The third-order valence-corrected chi connectivity index (χ3v) is 7.66. The minimum Gasteiger partial charge on any atom is -0.494 e. The van der Waals surface area contributed by atoms with Crippen LogP contribution < -0.4 is 10.5 Å². The Morgan fingerprint density at radius 3 is 2.37 bits per heavy atom. The second-order valence-electron chi connectivity index (χ2n) is 9.92. The number of halogens is 7. The largest absolute Gasteiger partial charge is 0.494 e. The van der Waals surface area contributed by atoms with Gasteiger partial charge in [0.25, 0.3) is 5.91 Å². The molecule has 1 saturated heterocycles. The first-order valence-electron chi connectivity index (χ1n) is 12.8. The van der Waals surface area contributed by atoms with Crippen molar-refractivity contribution in [3.63, 3.8) is 0 Å². The fourth-order valence-corrected chi connectivity index (χ4v) is 5.25. The van der Waals surface area contributed by atoms with Crippen molar-refractivity contribution >= 4 is 28.4 Å². The quantitative estimate of drug-likeness (QED) is 0.254. The number of aliphatic hydroxyl groups is 1. The minimum absolute atomic E-state index is 0.0113. The van der Waals surface area contributed by atoms with Crippen LogP contribution in [0.2, 0.25) is 5.02 Å². The number of hydrogen-bond donors (Lipinski definition) is 2. The molecule has 43 heavy (non-hydrogen) atoms. The van der Waals surface area contributed by atoms with E-state index in [1.807, 2.05) is 0 Å². The first kappa shape index (κ1) is 30.6. The van der Waals surface area contributed by atoms with E-state index in [-0.39, 0.29) is 77.6 Å². The summed E-state index contributed by atoms with van der Waals surface area (Å²) in [6.45, 7) is -0.288. The number of nitrogens with two attached hydrogens (primary N) is 1. The number of carbonyl (C=O) groups is 1. The lowest BCUT2D eigenvalue weighted by Gasteiger charge is -2.38. The topological polar surface area (TPSA) is 115 Å². The number of methoxy groups -OCH3 is 1. The second kappa shape index (κ2) is 11.0. The van der Waals surface area contributed by atoms with Crippen LogP contribution in [-0.4, -0.2) is 46.1 Å². The number of nitrogens with zero attached hydrogens (tertiary/aromatic N) is 3. The Kier molecular flexibility index (Phi) is 7.82. The van der Waals surface area contributed by atoms with Crippen molar-refractivity contribution in [1.82, 2.24) is 14.9 Å². The van der Waals surface area contributed by atoms with Gasteiger partial charge in [-0.1, -0.05) is 17.7 Å². The van der Waals surface area contributed by atoms with Crippen LogP contribution in [0, 0.1) is 0 Å². The van der Waals surface area contributed by atoms with Crippen LogP contribution in [0.5, 0.6) is 5.75 Å². The highest BCUT2D eigenvalue weighted by Gasteiger charge is 2.40. The van der Waals surface area contributed by atoms with Crippen molar-refractivity contribution in [2.24, 2.45) is 5.73 Å². The Balaban J connectivity index is 1.42. The van der Waals surface area contributed by atoms with Crippen LogP contribution in [-0.2, 0) is 24.5 Å². The number of pyridine rings is 1. The number of likely N-dealkylation sites (tertiary alicyclic amines) is 1. The zero-order valence-corrected chi connectivity index (χ0v) is 23.1. The molecule has 5 rings (SSSR count). The molecule has 1 amide bonds. The SMILES string of the molecule is COc1ccc(-c2nc(C(=O)N3CCC(O)(c4ccc(Cl)c(C(F)(F)F)c4)CC3)c(CN)o2)c2ccc(C(F)(F)F)nc12. The summed E-state index contributed by atoms with van der Waals surface area (Å²) < 4.78 is 91.0. The molecule has 228 valence electrons. The lowest BCUT2D eigenvalue weighted by atomic mass is 9.83. The maximum Gasteiger partial charge on any atom is 0.433 e. The average molecular weight is 629 g/mol. The van der Waals surface area contributed by atoms with Crippen LogP contribution in [0.15, 0.2) is 46.9 Å². The molecule has 3 heterocycles. The molecule has 2 aromatic carbocycles. The summed E-state index contributed by atoms with van der Waals surface area (Å²) in [7, 11) is 1.28. The van der Waals surface area contributed by atoms with E-state index in [0.717, 1.165) is 18.2 Å². The van der Waals surface area contributed by atoms with Crippen molar-refractivity contribution in [3.05, 3.63) is 75.8 Å². The summed E-state index contributed by atoms with van der Waals surface area (Å²) in [4.78, 5) is 22.8. The van der Waals surface area contributed by atoms with E-state index in [0.29, 0.717) is 0 Å². The Morgan fingerprint density at radius 1 is 1.07 bits per heavy atom. The number of aromatic nitrogens is 2. The average Bonchev–Trinajstić information content (AvgIpc) is 3.39. The molecule has 0 saturated carbocycles. The number of carbonyl (C=O) groups excluding carboxylic acids is 1. The number of piperidine rings is 1. The first-order chi connectivity index (χ1) is 20.2. The molecule has 15 heteroatoms. The zero-order valence-electron chi connectivity index (χ0n) is 22.3. The molecule has 2 aromatic heterocycles. The Morgan fingerprint density at radius 2 is 1.77 bits per heavy atom. The van der Waals surface area contributed by atoms with Crippen molar-refractivity contribution in [3.8, 4) is 17.2 Å². The molecule has 1 aliphatic rings. The lowest BCUT2D eigenvalue weighted by molar-refractivity contribution is -0.141. The van der Waals surface area contributed by atoms with Crippen LogP contribution >= 0.6 is 11.6 Å². The Labute approximate surface area is 245 Å². The highest BCUT2D eigenvalue weighted by Crippen LogP contribution is 2.41. The molecular formula is C28H23ClF6N4O4. The third-order valence-electron chi connectivity index (χ3n) is 7.33. The van der Waals surface area contributed by atoms with Crippen molar-refractivity contribution < 1.29 is 45.4 Å². The maximum atomic E-state index is 13.5. The third kappa shape index (κ3) is 5.74. The standard InChI is InChI=1S/C28H23ClF6N4O4/c1-42-19-6-3-16(15-4-7-21(28(33,34)35)37-22(15)19)24-38-23(20(13-36)43-24)25(40)39-10-8-26(41,9-11-39)14-2-5-18(29)17(12-14)27(30,31)32/h2-7,12,41H,8-11,13,36H2,1H3. The van der Waals surface area contributed by atoms with E-state index in [2.05, 4.69) is 9.97 Å². The normalized spacial score (nSPS) is 15.6. The van der Waals surface area contributed by atoms with Crippen molar-refractivity contribution in [2.45, 2.75) is 37.3 Å². The predicted octanol–water partition coefficient (Wildman–Crippen LogP) is 6.17. The number of fused-ring (bicyclic) bond motifs is 1. The maximum absolute atomic E-state index is 13.5. The predicted molar refractivity (Wildman–Crippen MR) is 142 cm³/mol. The van der Waals surface area contributed by atoms with Gasteiger partial charge < -0.3 is 24.9 Å². The number of alkyl halides is 6. The van der Waals surface area contributed by atoms with Crippen LogP contribution in [0.1, 0.15) is 45.9 Å². The summed E-state index contributed by atoms with van der Waals surface area (Å²) in [6.07, 6.45) is -9.55. The van der Waals surface area contributed by atoms with Gasteiger partial charge in [0, 0.05) is 24.0 Å². The lowest BCUT2D eigenvalue weighted by Crippen LogP contribution is -2.45. The first-order valence-corrected chi connectivity index (χ1v) is 13.2. The number of benzene rings is 2. The smallest absolute Gasteiger partial charge is 0.433 e. The van der Waals surface area contributed by atoms with Crippen LogP contribution in [0.3, 0.4) is 0 Å². The zero-order chi connectivity index (χ0) is 31.3. The van der Waals surface area contributed by atoms with E-state index in [4.69, 9.17) is 26.5 Å². The van der Waals surface area contributed by atoms with Gasteiger partial charge in [0.2, 0.25) is 5.89 Å². The number of hydrogen-bond acceptors (Lipinski definition) is 7. The molecule has 0 unspecified atom stereocenters. The number of rotatable bonds is 5. The van der Waals surface area contributed by atoms with E-state index in [1.165, 1.54) is 36.3 Å². The molecule has 3 N–H and O–H groups in total. The molecule has 4 aromatic rings. The summed E-state index contributed by atoms with van der Waals surface area (Å²) in [5.41, 5.74) is 2.00. The molecule has 0 aliphatic carbocycles. The minimum atomic E-state index is -4.71. The summed E-state index contributed by atoms with van der Waals surface area (Å²) in [6, 6.07) is 8.09. The molecule has 0 bridgehead atoms. The van der Waals surface area contributed by atoms with Crippen LogP contribution in [0.25, 0.3) is 22.4 Å². The van der Waals surface area contributed by atoms with Crippen LogP contribution in [0.4, 0.5) is 26.3 Å². The fraction of sp³-hybridized carbons (Fsp3) is 0.321. The number of oxazole rings is 1. The summed E-state index contributed by atoms with van der Waals surface area (Å²) >= 11 is 5.71. The Bertz CT molecular complexity index is 1700. The van der Waals surface area contributed by atoms with Crippen molar-refractivity contribution in [2.75, 3.05) is 20.2 Å². The molecule has 1 fully saturated rings. The number of amides is 1. The Hall–Kier alpha value is -3.88.